The van der Waals surface area contributed by atoms with E-state index in [2.05, 4.69) is 5.32 Å². The summed E-state index contributed by atoms with van der Waals surface area (Å²) in [5, 5.41) is 2.80. The minimum atomic E-state index is -0.457. The van der Waals surface area contributed by atoms with Gasteiger partial charge in [0, 0.05) is 25.8 Å². The average Bonchev–Trinajstić information content (AvgIpc) is 2.44. The molecule has 7 heteroatoms. The number of rotatable bonds is 6. The van der Waals surface area contributed by atoms with E-state index in [1.54, 1.807) is 38.4 Å². The molecule has 124 valence electrons. The van der Waals surface area contributed by atoms with Crippen molar-refractivity contribution in [2.75, 3.05) is 39.0 Å². The molecule has 1 rings (SSSR count). The first-order chi connectivity index (χ1) is 9.96. The monoisotopic (exact) mass is 329 g/mol. The highest BCUT2D eigenvalue weighted by molar-refractivity contribution is 5.92. The summed E-state index contributed by atoms with van der Waals surface area (Å²) in [5.41, 5.74) is 0.608. The second kappa shape index (κ2) is 10.0. The summed E-state index contributed by atoms with van der Waals surface area (Å²) in [6.07, 6.45) is -0.457. The third-order valence-electron chi connectivity index (χ3n) is 2.95. The Morgan fingerprint density at radius 1 is 1.18 bits per heavy atom. The summed E-state index contributed by atoms with van der Waals surface area (Å²) in [7, 11) is 3.22. The van der Waals surface area contributed by atoms with E-state index in [1.165, 1.54) is 4.90 Å². The smallest absolute Gasteiger partial charge is 0.410 e. The lowest BCUT2D eigenvalue weighted by atomic mass is 10.3. The number of carbonyl (C=O) groups excluding carboxylic acids is 2. The van der Waals surface area contributed by atoms with Gasteiger partial charge in [-0.1, -0.05) is 19.9 Å². The molecule has 1 aromatic rings. The molecule has 0 fully saturated rings. The number of anilines is 1. The summed E-state index contributed by atoms with van der Waals surface area (Å²) >= 11 is 0. The van der Waals surface area contributed by atoms with Gasteiger partial charge in [-0.3, -0.25) is 9.69 Å². The van der Waals surface area contributed by atoms with Crippen LogP contribution in [0.3, 0.4) is 0 Å². The maximum atomic E-state index is 11.9. The lowest BCUT2D eigenvalue weighted by Crippen LogP contribution is -2.32. The van der Waals surface area contributed by atoms with Crippen LogP contribution in [0.4, 0.5) is 10.5 Å². The Labute approximate surface area is 137 Å². The molecular weight excluding hydrogens is 306 g/mol. The molecule has 0 atom stereocenters. The molecule has 22 heavy (non-hydrogen) atoms. The van der Waals surface area contributed by atoms with Gasteiger partial charge < -0.3 is 15.0 Å². The van der Waals surface area contributed by atoms with E-state index in [4.69, 9.17) is 4.74 Å². The molecule has 1 N–H and O–H groups in total. The summed E-state index contributed by atoms with van der Waals surface area (Å²) in [4.78, 5) is 26.8. The zero-order valence-corrected chi connectivity index (χ0v) is 14.3. The molecule has 6 nitrogen and oxygen atoms in total. The normalized spacial score (nSPS) is 9.86. The summed E-state index contributed by atoms with van der Waals surface area (Å²) < 4.78 is 5.15. The summed E-state index contributed by atoms with van der Waals surface area (Å²) in [5.74, 6) is 0.309. The first-order valence-corrected chi connectivity index (χ1v) is 6.97. The Bertz CT molecular complexity index is 491. The quantitative estimate of drug-likeness (QED) is 0.870. The van der Waals surface area contributed by atoms with Gasteiger partial charge in [0.25, 0.3) is 0 Å². The Balaban J connectivity index is 0.00000441. The minimum absolute atomic E-state index is 0. The fourth-order valence-electron chi connectivity index (χ4n) is 1.68. The molecule has 0 saturated heterocycles. The van der Waals surface area contributed by atoms with Crippen molar-refractivity contribution in [2.45, 2.75) is 13.8 Å². The van der Waals surface area contributed by atoms with E-state index in [0.717, 1.165) is 13.1 Å². The van der Waals surface area contributed by atoms with E-state index in [1.807, 2.05) is 18.7 Å². The van der Waals surface area contributed by atoms with Crippen LogP contribution in [-0.4, -0.2) is 55.5 Å². The molecule has 0 radical (unpaired) electrons. The second-order valence-corrected chi connectivity index (χ2v) is 4.80. The number of benzene rings is 1. The van der Waals surface area contributed by atoms with Crippen LogP contribution in [0.15, 0.2) is 24.3 Å². The van der Waals surface area contributed by atoms with Crippen LogP contribution < -0.4 is 10.1 Å². The molecule has 0 aromatic heterocycles. The maximum Gasteiger partial charge on any atom is 0.414 e. The first kappa shape index (κ1) is 20.2. The van der Waals surface area contributed by atoms with Crippen molar-refractivity contribution in [1.82, 2.24) is 9.80 Å². The van der Waals surface area contributed by atoms with Crippen molar-refractivity contribution < 1.29 is 14.3 Å². The van der Waals surface area contributed by atoms with Crippen LogP contribution in [-0.2, 0) is 4.79 Å². The SMILES string of the molecule is CCN(CC)CC(=O)Nc1cccc(OC(=O)N(C)C)c1.Cl. The number of likely N-dealkylation sites (N-methyl/N-ethyl adjacent to an activating group) is 1. The molecule has 0 aliphatic heterocycles. The second-order valence-electron chi connectivity index (χ2n) is 4.80. The van der Waals surface area contributed by atoms with E-state index in [-0.39, 0.29) is 18.3 Å². The van der Waals surface area contributed by atoms with Gasteiger partial charge in [0.2, 0.25) is 5.91 Å². The standard InChI is InChI=1S/C15H23N3O3.ClH/c1-5-18(6-2)11-14(19)16-12-8-7-9-13(10-12)21-15(20)17(3)4;/h7-10H,5-6,11H2,1-4H3,(H,16,19);1H. The summed E-state index contributed by atoms with van der Waals surface area (Å²) in [6, 6.07) is 6.78. The topological polar surface area (TPSA) is 61.9 Å². The lowest BCUT2D eigenvalue weighted by molar-refractivity contribution is -0.117. The van der Waals surface area contributed by atoms with Gasteiger partial charge in [0.05, 0.1) is 6.54 Å². The number of carbonyl (C=O) groups is 2. The largest absolute Gasteiger partial charge is 0.414 e. The van der Waals surface area contributed by atoms with Gasteiger partial charge >= 0.3 is 6.09 Å². The highest BCUT2D eigenvalue weighted by Crippen LogP contribution is 2.18. The van der Waals surface area contributed by atoms with Crippen molar-refractivity contribution in [3.8, 4) is 5.75 Å². The fourth-order valence-corrected chi connectivity index (χ4v) is 1.68. The van der Waals surface area contributed by atoms with E-state index < -0.39 is 6.09 Å². The van der Waals surface area contributed by atoms with Crippen LogP contribution >= 0.6 is 12.4 Å². The van der Waals surface area contributed by atoms with Crippen LogP contribution in [0, 0.1) is 0 Å². The van der Waals surface area contributed by atoms with Crippen molar-refractivity contribution in [1.29, 1.82) is 0 Å². The lowest BCUT2D eigenvalue weighted by Gasteiger charge is -2.17. The zero-order chi connectivity index (χ0) is 15.8. The van der Waals surface area contributed by atoms with Crippen LogP contribution in [0.25, 0.3) is 0 Å². The van der Waals surface area contributed by atoms with Crippen molar-refractivity contribution >= 4 is 30.1 Å². The van der Waals surface area contributed by atoms with Crippen molar-refractivity contribution in [3.05, 3.63) is 24.3 Å². The molecule has 0 heterocycles. The Morgan fingerprint density at radius 3 is 2.36 bits per heavy atom. The van der Waals surface area contributed by atoms with Crippen molar-refractivity contribution in [3.63, 3.8) is 0 Å². The molecule has 0 unspecified atom stereocenters. The Hall–Kier alpha value is -1.79. The minimum Gasteiger partial charge on any atom is -0.410 e. The number of hydrogen-bond acceptors (Lipinski definition) is 4. The Morgan fingerprint density at radius 2 is 1.82 bits per heavy atom. The van der Waals surface area contributed by atoms with E-state index in [9.17, 15) is 9.59 Å². The molecule has 0 aliphatic carbocycles. The van der Waals surface area contributed by atoms with Gasteiger partial charge in [0.1, 0.15) is 5.75 Å². The molecule has 0 spiro atoms. The van der Waals surface area contributed by atoms with Crippen LogP contribution in [0.2, 0.25) is 0 Å². The van der Waals surface area contributed by atoms with Gasteiger partial charge in [-0.2, -0.15) is 0 Å². The summed E-state index contributed by atoms with van der Waals surface area (Å²) in [6.45, 7) is 6.01. The maximum absolute atomic E-state index is 11.9. The number of halogens is 1. The highest BCUT2D eigenvalue weighted by atomic mass is 35.5. The molecule has 0 bridgehead atoms. The zero-order valence-electron chi connectivity index (χ0n) is 13.5. The predicted molar refractivity (Wildman–Crippen MR) is 89.8 cm³/mol. The van der Waals surface area contributed by atoms with E-state index in [0.29, 0.717) is 18.0 Å². The number of ether oxygens (including phenoxy) is 1. The molecule has 0 saturated carbocycles. The van der Waals surface area contributed by atoms with Gasteiger partial charge in [-0.05, 0) is 25.2 Å². The number of amides is 2. The average molecular weight is 330 g/mol. The molecular formula is C15H24ClN3O3. The van der Waals surface area contributed by atoms with Crippen molar-refractivity contribution in [2.24, 2.45) is 0 Å². The van der Waals surface area contributed by atoms with Gasteiger partial charge in [0.15, 0.2) is 0 Å². The molecule has 1 aromatic carbocycles. The number of hydrogen-bond donors (Lipinski definition) is 1. The van der Waals surface area contributed by atoms with Gasteiger partial charge in [-0.25, -0.2) is 4.79 Å². The third-order valence-corrected chi connectivity index (χ3v) is 2.95. The fraction of sp³-hybridized carbons (Fsp3) is 0.467. The number of nitrogens with zero attached hydrogens (tertiary/aromatic N) is 2. The van der Waals surface area contributed by atoms with Crippen LogP contribution in [0.1, 0.15) is 13.8 Å². The molecule has 2 amide bonds. The molecule has 0 aliphatic rings. The van der Waals surface area contributed by atoms with E-state index >= 15 is 0 Å². The first-order valence-electron chi connectivity index (χ1n) is 6.97. The predicted octanol–water partition coefficient (Wildman–Crippen LogP) is 2.45. The third kappa shape index (κ3) is 6.78. The Kier molecular flexibility index (Phi) is 9.21. The van der Waals surface area contributed by atoms with Gasteiger partial charge in [-0.15, -0.1) is 12.4 Å². The highest BCUT2D eigenvalue weighted by Gasteiger charge is 2.10. The number of nitrogens with one attached hydrogen (secondary N) is 1. The van der Waals surface area contributed by atoms with Crippen LogP contribution in [0.5, 0.6) is 5.75 Å².